The van der Waals surface area contributed by atoms with E-state index in [2.05, 4.69) is 25.6 Å². The van der Waals surface area contributed by atoms with Crippen molar-refractivity contribution < 1.29 is 32.2 Å². The summed E-state index contributed by atoms with van der Waals surface area (Å²) in [6.45, 7) is -0.401. The van der Waals surface area contributed by atoms with E-state index in [4.69, 9.17) is 4.74 Å². The SMILES string of the molecule is COC(=O)Nc1cnn(CC(=O)Nc2cc(C(F)(F)F)ccc2OC)n1. The zero-order valence-corrected chi connectivity index (χ0v) is 13.6. The normalized spacial score (nSPS) is 11.0. The van der Waals surface area contributed by atoms with Gasteiger partial charge in [0.15, 0.2) is 5.82 Å². The molecule has 1 heterocycles. The van der Waals surface area contributed by atoms with Gasteiger partial charge in [0.2, 0.25) is 5.91 Å². The first kappa shape index (κ1) is 19.0. The molecule has 0 aliphatic rings. The third kappa shape index (κ3) is 4.84. The fourth-order valence-electron chi connectivity index (χ4n) is 1.89. The van der Waals surface area contributed by atoms with Gasteiger partial charge in [-0.3, -0.25) is 10.1 Å². The lowest BCUT2D eigenvalue weighted by Gasteiger charge is -2.13. The average molecular weight is 373 g/mol. The maximum Gasteiger partial charge on any atom is 0.416 e. The van der Waals surface area contributed by atoms with Gasteiger partial charge in [-0.05, 0) is 18.2 Å². The summed E-state index contributed by atoms with van der Waals surface area (Å²) >= 11 is 0. The monoisotopic (exact) mass is 373 g/mol. The van der Waals surface area contributed by atoms with E-state index >= 15 is 0 Å². The Labute approximate surface area is 145 Å². The van der Waals surface area contributed by atoms with Crippen molar-refractivity contribution in [2.24, 2.45) is 0 Å². The molecule has 9 nitrogen and oxygen atoms in total. The van der Waals surface area contributed by atoms with Crippen molar-refractivity contribution in [1.29, 1.82) is 0 Å². The molecular weight excluding hydrogens is 359 g/mol. The topological polar surface area (TPSA) is 107 Å². The average Bonchev–Trinajstić information content (AvgIpc) is 3.00. The van der Waals surface area contributed by atoms with Crippen LogP contribution in [0.3, 0.4) is 0 Å². The Hall–Kier alpha value is -3.31. The molecule has 2 rings (SSSR count). The van der Waals surface area contributed by atoms with E-state index in [-0.39, 0.29) is 17.3 Å². The van der Waals surface area contributed by atoms with Gasteiger partial charge in [0.25, 0.3) is 0 Å². The summed E-state index contributed by atoms with van der Waals surface area (Å²) in [4.78, 5) is 24.0. The lowest BCUT2D eigenvalue weighted by Crippen LogP contribution is -2.21. The number of benzene rings is 1. The number of methoxy groups -OCH3 is 2. The van der Waals surface area contributed by atoms with Gasteiger partial charge in [-0.2, -0.15) is 23.1 Å². The number of amides is 2. The van der Waals surface area contributed by atoms with Crippen LogP contribution in [0, 0.1) is 0 Å². The summed E-state index contributed by atoms with van der Waals surface area (Å²) in [7, 11) is 2.42. The molecule has 0 saturated carbocycles. The first-order chi connectivity index (χ1) is 12.2. The van der Waals surface area contributed by atoms with E-state index in [0.717, 1.165) is 30.1 Å². The molecule has 0 aliphatic heterocycles. The molecule has 0 saturated heterocycles. The molecule has 0 radical (unpaired) electrons. The van der Waals surface area contributed by atoms with Crippen molar-refractivity contribution in [3.63, 3.8) is 0 Å². The number of ether oxygens (including phenoxy) is 2. The van der Waals surface area contributed by atoms with Crippen LogP contribution in [0.2, 0.25) is 0 Å². The van der Waals surface area contributed by atoms with Crippen molar-refractivity contribution >= 4 is 23.5 Å². The van der Waals surface area contributed by atoms with Crippen LogP contribution in [0.1, 0.15) is 5.56 Å². The van der Waals surface area contributed by atoms with Crippen LogP contribution in [-0.2, 0) is 22.3 Å². The number of nitrogens with zero attached hydrogens (tertiary/aromatic N) is 3. The van der Waals surface area contributed by atoms with Gasteiger partial charge in [-0.25, -0.2) is 4.79 Å². The highest BCUT2D eigenvalue weighted by Crippen LogP contribution is 2.34. The van der Waals surface area contributed by atoms with Gasteiger partial charge in [-0.15, -0.1) is 5.10 Å². The molecule has 2 aromatic rings. The number of carbonyl (C=O) groups is 2. The summed E-state index contributed by atoms with van der Waals surface area (Å²) in [5.74, 6) is -0.586. The molecule has 0 atom stereocenters. The Morgan fingerprint density at radius 3 is 2.58 bits per heavy atom. The van der Waals surface area contributed by atoms with Gasteiger partial charge < -0.3 is 14.8 Å². The third-order valence-corrected chi connectivity index (χ3v) is 3.04. The number of anilines is 2. The van der Waals surface area contributed by atoms with Crippen molar-refractivity contribution in [3.05, 3.63) is 30.0 Å². The summed E-state index contributed by atoms with van der Waals surface area (Å²) in [6, 6.07) is 2.70. The predicted octanol–water partition coefficient (Wildman–Crippen LogP) is 2.12. The Morgan fingerprint density at radius 1 is 1.23 bits per heavy atom. The molecule has 12 heteroatoms. The zero-order chi connectivity index (χ0) is 19.3. The van der Waals surface area contributed by atoms with Crippen LogP contribution in [-0.4, -0.2) is 41.2 Å². The highest BCUT2D eigenvalue weighted by atomic mass is 19.4. The number of hydrogen-bond donors (Lipinski definition) is 2. The van der Waals surface area contributed by atoms with E-state index in [1.807, 2.05) is 0 Å². The number of aromatic nitrogens is 3. The molecule has 0 aliphatic carbocycles. The third-order valence-electron chi connectivity index (χ3n) is 3.04. The summed E-state index contributed by atoms with van der Waals surface area (Å²) in [5.41, 5.74) is -1.08. The number of hydrogen-bond acceptors (Lipinski definition) is 6. The molecule has 0 fully saturated rings. The quantitative estimate of drug-likeness (QED) is 0.831. The fourth-order valence-corrected chi connectivity index (χ4v) is 1.89. The van der Waals surface area contributed by atoms with Gasteiger partial charge >= 0.3 is 12.3 Å². The van der Waals surface area contributed by atoms with Gasteiger partial charge in [0.1, 0.15) is 12.3 Å². The maximum atomic E-state index is 12.8. The minimum absolute atomic E-state index is 0.0429. The van der Waals surface area contributed by atoms with Crippen molar-refractivity contribution in [3.8, 4) is 5.75 Å². The standard InChI is InChI=1S/C14H14F3N5O4/c1-25-10-4-3-8(14(15,16)17)5-9(10)19-12(23)7-22-18-6-11(21-22)20-13(24)26-2/h3-6H,7H2,1-2H3,(H,19,23)(H,20,21,24). The Morgan fingerprint density at radius 2 is 1.96 bits per heavy atom. The summed E-state index contributed by atoms with van der Waals surface area (Å²) in [5, 5.41) is 12.1. The molecule has 1 aromatic carbocycles. The fraction of sp³-hybridized carbons (Fsp3) is 0.286. The molecular formula is C14H14F3N5O4. The zero-order valence-electron chi connectivity index (χ0n) is 13.6. The van der Waals surface area contributed by atoms with Gasteiger partial charge in [0.05, 0.1) is 31.7 Å². The molecule has 140 valence electrons. The summed E-state index contributed by atoms with van der Waals surface area (Å²) in [6.07, 6.45) is -4.16. The van der Waals surface area contributed by atoms with Gasteiger partial charge in [0, 0.05) is 0 Å². The first-order valence-electron chi connectivity index (χ1n) is 7.03. The number of nitrogens with one attached hydrogen (secondary N) is 2. The molecule has 0 spiro atoms. The highest BCUT2D eigenvalue weighted by Gasteiger charge is 2.31. The highest BCUT2D eigenvalue weighted by molar-refractivity contribution is 5.92. The minimum Gasteiger partial charge on any atom is -0.495 e. The number of carbonyl (C=O) groups excluding carboxylic acids is 2. The Bertz CT molecular complexity index is 806. The molecule has 0 unspecified atom stereocenters. The van der Waals surface area contributed by atoms with Crippen LogP contribution >= 0.6 is 0 Å². The Balaban J connectivity index is 2.09. The van der Waals surface area contributed by atoms with Crippen LogP contribution in [0.25, 0.3) is 0 Å². The van der Waals surface area contributed by atoms with Crippen LogP contribution in [0.4, 0.5) is 29.5 Å². The molecule has 26 heavy (non-hydrogen) atoms. The second-order valence-electron chi connectivity index (χ2n) is 4.84. The molecule has 2 amide bonds. The smallest absolute Gasteiger partial charge is 0.416 e. The van der Waals surface area contributed by atoms with Gasteiger partial charge in [-0.1, -0.05) is 0 Å². The van der Waals surface area contributed by atoms with E-state index in [9.17, 15) is 22.8 Å². The number of alkyl halides is 3. The van der Waals surface area contributed by atoms with Crippen LogP contribution < -0.4 is 15.4 Å². The Kier molecular flexibility index (Phi) is 5.64. The van der Waals surface area contributed by atoms with Crippen molar-refractivity contribution in [1.82, 2.24) is 15.0 Å². The van der Waals surface area contributed by atoms with Crippen molar-refractivity contribution in [2.45, 2.75) is 12.7 Å². The van der Waals surface area contributed by atoms with E-state index < -0.39 is 30.3 Å². The molecule has 2 N–H and O–H groups in total. The molecule has 1 aromatic heterocycles. The van der Waals surface area contributed by atoms with E-state index in [1.165, 1.54) is 13.3 Å². The molecule has 0 bridgehead atoms. The van der Waals surface area contributed by atoms with E-state index in [1.54, 1.807) is 0 Å². The van der Waals surface area contributed by atoms with Crippen molar-refractivity contribution in [2.75, 3.05) is 24.9 Å². The number of rotatable bonds is 5. The second-order valence-corrected chi connectivity index (χ2v) is 4.84. The van der Waals surface area contributed by atoms with E-state index in [0.29, 0.717) is 0 Å². The lowest BCUT2D eigenvalue weighted by molar-refractivity contribution is -0.137. The number of halogens is 3. The predicted molar refractivity (Wildman–Crippen MR) is 82.7 cm³/mol. The largest absolute Gasteiger partial charge is 0.495 e. The van der Waals surface area contributed by atoms with Crippen LogP contribution in [0.5, 0.6) is 5.75 Å². The first-order valence-corrected chi connectivity index (χ1v) is 7.03. The second kappa shape index (κ2) is 7.72. The lowest BCUT2D eigenvalue weighted by atomic mass is 10.1. The maximum absolute atomic E-state index is 12.8. The minimum atomic E-state index is -4.57. The van der Waals surface area contributed by atoms with Crippen LogP contribution in [0.15, 0.2) is 24.4 Å². The summed E-state index contributed by atoms with van der Waals surface area (Å²) < 4.78 is 47.7.